The summed E-state index contributed by atoms with van der Waals surface area (Å²) < 4.78 is 0. The average molecular weight is 412 g/mol. The molecule has 0 N–H and O–H groups in total. The standard InChI is InChI=1S/C24H33N3O3/c1-18-4-6-19(7-5-18)14-22(28)25-12-8-20(9-13-25)16-27-17-21(15-23(27)29)24(30)26-10-2-3-11-26/h4-7,20-21H,2-3,8-17H2,1H3. The van der Waals surface area contributed by atoms with Gasteiger partial charge in [0.25, 0.3) is 0 Å². The monoisotopic (exact) mass is 411 g/mol. The van der Waals surface area contributed by atoms with Crippen molar-refractivity contribution in [2.75, 3.05) is 39.3 Å². The number of rotatable bonds is 5. The molecule has 3 amide bonds. The minimum Gasteiger partial charge on any atom is -0.342 e. The van der Waals surface area contributed by atoms with Crippen LogP contribution in [0.3, 0.4) is 0 Å². The fraction of sp³-hybridized carbons (Fsp3) is 0.625. The summed E-state index contributed by atoms with van der Waals surface area (Å²) in [6.07, 6.45) is 4.83. The van der Waals surface area contributed by atoms with E-state index in [1.165, 1.54) is 5.56 Å². The second kappa shape index (κ2) is 9.19. The van der Waals surface area contributed by atoms with E-state index < -0.39 is 0 Å². The zero-order chi connectivity index (χ0) is 21.1. The lowest BCUT2D eigenvalue weighted by Gasteiger charge is -2.34. The molecule has 6 nitrogen and oxygen atoms in total. The average Bonchev–Trinajstić information content (AvgIpc) is 3.40. The third-order valence-electron chi connectivity index (χ3n) is 6.90. The minimum atomic E-state index is -0.160. The van der Waals surface area contributed by atoms with Crippen molar-refractivity contribution in [2.45, 2.75) is 45.4 Å². The van der Waals surface area contributed by atoms with Gasteiger partial charge >= 0.3 is 0 Å². The van der Waals surface area contributed by atoms with Gasteiger partial charge < -0.3 is 14.7 Å². The molecule has 3 aliphatic rings. The molecule has 0 aromatic heterocycles. The molecule has 0 bridgehead atoms. The smallest absolute Gasteiger partial charge is 0.227 e. The molecule has 162 valence electrons. The summed E-state index contributed by atoms with van der Waals surface area (Å²) in [6, 6.07) is 8.14. The minimum absolute atomic E-state index is 0.116. The van der Waals surface area contributed by atoms with Crippen molar-refractivity contribution in [1.82, 2.24) is 14.7 Å². The molecule has 0 spiro atoms. The van der Waals surface area contributed by atoms with Crippen molar-refractivity contribution in [1.29, 1.82) is 0 Å². The van der Waals surface area contributed by atoms with Crippen molar-refractivity contribution in [3.8, 4) is 0 Å². The van der Waals surface area contributed by atoms with Crippen LogP contribution < -0.4 is 0 Å². The highest BCUT2D eigenvalue weighted by atomic mass is 16.2. The highest BCUT2D eigenvalue weighted by Crippen LogP contribution is 2.26. The first kappa shape index (κ1) is 20.9. The molecule has 30 heavy (non-hydrogen) atoms. The van der Waals surface area contributed by atoms with Crippen LogP contribution in [0.15, 0.2) is 24.3 Å². The van der Waals surface area contributed by atoms with Gasteiger partial charge in [-0.25, -0.2) is 0 Å². The van der Waals surface area contributed by atoms with Gasteiger partial charge in [0.2, 0.25) is 17.7 Å². The summed E-state index contributed by atoms with van der Waals surface area (Å²) in [6.45, 7) is 6.55. The Morgan fingerprint density at radius 3 is 2.30 bits per heavy atom. The SMILES string of the molecule is Cc1ccc(CC(=O)N2CCC(CN3CC(C(=O)N4CCCC4)CC3=O)CC2)cc1. The molecular weight excluding hydrogens is 378 g/mol. The molecular formula is C24H33N3O3. The number of carbonyl (C=O) groups is 3. The Labute approximate surface area is 179 Å². The van der Waals surface area contributed by atoms with Crippen LogP contribution >= 0.6 is 0 Å². The van der Waals surface area contributed by atoms with E-state index >= 15 is 0 Å². The van der Waals surface area contributed by atoms with E-state index in [1.807, 2.05) is 45.9 Å². The molecule has 0 radical (unpaired) electrons. The van der Waals surface area contributed by atoms with E-state index in [9.17, 15) is 14.4 Å². The summed E-state index contributed by atoms with van der Waals surface area (Å²) >= 11 is 0. The number of piperidine rings is 1. The molecule has 1 unspecified atom stereocenters. The van der Waals surface area contributed by atoms with Gasteiger partial charge in [-0.1, -0.05) is 29.8 Å². The number of hydrogen-bond donors (Lipinski definition) is 0. The summed E-state index contributed by atoms with van der Waals surface area (Å²) in [5, 5.41) is 0. The van der Waals surface area contributed by atoms with Gasteiger partial charge in [0, 0.05) is 45.7 Å². The first-order chi connectivity index (χ1) is 14.5. The molecule has 3 saturated heterocycles. The van der Waals surface area contributed by atoms with Crippen LogP contribution in [0.1, 0.15) is 43.2 Å². The maximum Gasteiger partial charge on any atom is 0.227 e. The zero-order valence-electron chi connectivity index (χ0n) is 18.0. The molecule has 3 aliphatic heterocycles. The van der Waals surface area contributed by atoms with E-state index in [-0.39, 0.29) is 23.6 Å². The fourth-order valence-electron chi connectivity index (χ4n) is 4.98. The van der Waals surface area contributed by atoms with Gasteiger partial charge in [0.05, 0.1) is 12.3 Å². The molecule has 1 atom stereocenters. The van der Waals surface area contributed by atoms with Crippen LogP contribution in [-0.2, 0) is 20.8 Å². The number of aryl methyl sites for hydroxylation is 1. The second-order valence-electron chi connectivity index (χ2n) is 9.22. The Morgan fingerprint density at radius 1 is 0.967 bits per heavy atom. The van der Waals surface area contributed by atoms with E-state index in [0.717, 1.165) is 64.0 Å². The molecule has 1 aromatic carbocycles. The topological polar surface area (TPSA) is 60.9 Å². The normalized spacial score (nSPS) is 22.8. The predicted molar refractivity (Wildman–Crippen MR) is 115 cm³/mol. The molecule has 3 heterocycles. The van der Waals surface area contributed by atoms with E-state index in [4.69, 9.17) is 0 Å². The molecule has 4 rings (SSSR count). The van der Waals surface area contributed by atoms with Crippen LogP contribution in [0.25, 0.3) is 0 Å². The summed E-state index contributed by atoms with van der Waals surface area (Å²) in [7, 11) is 0. The molecule has 6 heteroatoms. The maximum atomic E-state index is 12.6. The fourth-order valence-corrected chi connectivity index (χ4v) is 4.98. The lowest BCUT2D eigenvalue weighted by atomic mass is 9.95. The van der Waals surface area contributed by atoms with Gasteiger partial charge in [-0.2, -0.15) is 0 Å². The zero-order valence-corrected chi connectivity index (χ0v) is 18.0. The lowest BCUT2D eigenvalue weighted by molar-refractivity contribution is -0.134. The molecule has 1 aromatic rings. The third kappa shape index (κ3) is 4.85. The molecule has 3 fully saturated rings. The number of likely N-dealkylation sites (tertiary alicyclic amines) is 3. The van der Waals surface area contributed by atoms with Crippen molar-refractivity contribution < 1.29 is 14.4 Å². The van der Waals surface area contributed by atoms with Gasteiger partial charge in [-0.3, -0.25) is 14.4 Å². The summed E-state index contributed by atoms with van der Waals surface area (Å²) in [4.78, 5) is 43.5. The Bertz CT molecular complexity index is 777. The Balaban J connectivity index is 1.22. The van der Waals surface area contributed by atoms with E-state index in [2.05, 4.69) is 0 Å². The van der Waals surface area contributed by atoms with Crippen molar-refractivity contribution in [2.24, 2.45) is 11.8 Å². The Kier molecular flexibility index (Phi) is 6.40. The number of carbonyl (C=O) groups excluding carboxylic acids is 3. The van der Waals surface area contributed by atoms with Gasteiger partial charge in [-0.15, -0.1) is 0 Å². The number of amides is 3. The molecule has 0 aliphatic carbocycles. The highest BCUT2D eigenvalue weighted by Gasteiger charge is 2.38. The van der Waals surface area contributed by atoms with Crippen LogP contribution in [0, 0.1) is 18.8 Å². The number of hydrogen-bond acceptors (Lipinski definition) is 3. The van der Waals surface area contributed by atoms with Crippen LogP contribution in [0.4, 0.5) is 0 Å². The lowest BCUT2D eigenvalue weighted by Crippen LogP contribution is -2.42. The first-order valence-corrected chi connectivity index (χ1v) is 11.4. The number of benzene rings is 1. The summed E-state index contributed by atoms with van der Waals surface area (Å²) in [5.41, 5.74) is 2.26. The quantitative estimate of drug-likeness (QED) is 0.747. The first-order valence-electron chi connectivity index (χ1n) is 11.4. The molecule has 0 saturated carbocycles. The van der Waals surface area contributed by atoms with Crippen molar-refractivity contribution in [3.63, 3.8) is 0 Å². The highest BCUT2D eigenvalue weighted by molar-refractivity contribution is 5.89. The second-order valence-corrected chi connectivity index (χ2v) is 9.22. The summed E-state index contributed by atoms with van der Waals surface area (Å²) in [5.74, 6) is 0.723. The predicted octanol–water partition coefficient (Wildman–Crippen LogP) is 2.25. The van der Waals surface area contributed by atoms with Gasteiger partial charge in [-0.05, 0) is 44.1 Å². The van der Waals surface area contributed by atoms with Crippen molar-refractivity contribution >= 4 is 17.7 Å². The largest absolute Gasteiger partial charge is 0.342 e. The van der Waals surface area contributed by atoms with Crippen LogP contribution in [-0.4, -0.2) is 71.7 Å². The van der Waals surface area contributed by atoms with Crippen molar-refractivity contribution in [3.05, 3.63) is 35.4 Å². The van der Waals surface area contributed by atoms with Gasteiger partial charge in [0.1, 0.15) is 0 Å². The number of nitrogens with zero attached hydrogens (tertiary/aromatic N) is 3. The maximum absolute atomic E-state index is 12.6. The van der Waals surface area contributed by atoms with Crippen LogP contribution in [0.2, 0.25) is 0 Å². The van der Waals surface area contributed by atoms with E-state index in [0.29, 0.717) is 25.3 Å². The van der Waals surface area contributed by atoms with E-state index in [1.54, 1.807) is 0 Å². The third-order valence-corrected chi connectivity index (χ3v) is 6.90. The Hall–Kier alpha value is -2.37. The van der Waals surface area contributed by atoms with Crippen LogP contribution in [0.5, 0.6) is 0 Å². The Morgan fingerprint density at radius 2 is 1.63 bits per heavy atom. The van der Waals surface area contributed by atoms with Gasteiger partial charge in [0.15, 0.2) is 0 Å².